The minimum absolute atomic E-state index is 0.290. The Hall–Kier alpha value is -1.59. The van der Waals surface area contributed by atoms with Crippen molar-refractivity contribution in [1.29, 1.82) is 0 Å². The Morgan fingerprint density at radius 3 is 2.28 bits per heavy atom. The van der Waals surface area contributed by atoms with Gasteiger partial charge in [0.05, 0.1) is 0 Å². The molecule has 0 unspecified atom stereocenters. The predicted octanol–water partition coefficient (Wildman–Crippen LogP) is 1.34. The third-order valence-electron chi connectivity index (χ3n) is 1.84. The molecule has 0 rings (SSSR count). The van der Waals surface area contributed by atoms with Crippen LogP contribution in [0.15, 0.2) is 0 Å². The molecular formula is C12H22N2O4. The lowest BCUT2D eigenvalue weighted by atomic mass is 10.1. The van der Waals surface area contributed by atoms with Gasteiger partial charge in [0.15, 0.2) is 6.61 Å². The largest absolute Gasteiger partial charge is 0.456 e. The third kappa shape index (κ3) is 9.62. The summed E-state index contributed by atoms with van der Waals surface area (Å²) in [5, 5.41) is 4.64. The van der Waals surface area contributed by atoms with Gasteiger partial charge in [-0.1, -0.05) is 13.3 Å². The summed E-state index contributed by atoms with van der Waals surface area (Å²) < 4.78 is 4.71. The first-order valence-electron chi connectivity index (χ1n) is 6.02. The summed E-state index contributed by atoms with van der Waals surface area (Å²) in [7, 11) is 0. The van der Waals surface area contributed by atoms with Crippen LogP contribution in [0.5, 0.6) is 0 Å². The van der Waals surface area contributed by atoms with Gasteiger partial charge in [-0.15, -0.1) is 0 Å². The first-order valence-corrected chi connectivity index (χ1v) is 6.02. The molecule has 0 fully saturated rings. The second-order valence-corrected chi connectivity index (χ2v) is 5.02. The number of urea groups is 1. The quantitative estimate of drug-likeness (QED) is 0.729. The molecule has 0 aromatic heterocycles. The summed E-state index contributed by atoms with van der Waals surface area (Å²) in [4.78, 5) is 33.7. The van der Waals surface area contributed by atoms with E-state index in [9.17, 15) is 14.4 Å². The molecule has 0 aliphatic carbocycles. The summed E-state index contributed by atoms with van der Waals surface area (Å²) in [5.41, 5.74) is -0.428. The van der Waals surface area contributed by atoms with Crippen molar-refractivity contribution < 1.29 is 19.1 Å². The summed E-state index contributed by atoms with van der Waals surface area (Å²) in [5.74, 6) is -1.06. The van der Waals surface area contributed by atoms with E-state index in [0.717, 1.165) is 12.8 Å². The van der Waals surface area contributed by atoms with Crippen molar-refractivity contribution in [2.75, 3.05) is 6.61 Å². The molecule has 2 N–H and O–H groups in total. The molecule has 0 aliphatic rings. The molecule has 6 heteroatoms. The fraction of sp³-hybridized carbons (Fsp3) is 0.750. The Morgan fingerprint density at radius 1 is 1.17 bits per heavy atom. The molecule has 104 valence electrons. The zero-order chi connectivity index (χ0) is 14.2. The van der Waals surface area contributed by atoms with E-state index in [-0.39, 0.29) is 6.42 Å². The zero-order valence-corrected chi connectivity index (χ0v) is 11.5. The summed E-state index contributed by atoms with van der Waals surface area (Å²) >= 11 is 0. The number of hydrogen-bond acceptors (Lipinski definition) is 4. The first-order chi connectivity index (χ1) is 8.24. The zero-order valence-electron chi connectivity index (χ0n) is 11.5. The molecule has 0 aromatic rings. The number of rotatable bonds is 5. The number of carbonyl (C=O) groups excluding carboxylic acids is 3. The van der Waals surface area contributed by atoms with Crippen molar-refractivity contribution in [1.82, 2.24) is 10.6 Å². The van der Waals surface area contributed by atoms with Crippen molar-refractivity contribution in [3.05, 3.63) is 0 Å². The van der Waals surface area contributed by atoms with E-state index in [0.29, 0.717) is 0 Å². The van der Waals surface area contributed by atoms with Crippen molar-refractivity contribution in [3.63, 3.8) is 0 Å². The van der Waals surface area contributed by atoms with E-state index < -0.39 is 30.1 Å². The molecule has 0 radical (unpaired) electrons. The monoisotopic (exact) mass is 258 g/mol. The molecule has 0 bridgehead atoms. The number of nitrogens with one attached hydrogen (secondary N) is 2. The third-order valence-corrected chi connectivity index (χ3v) is 1.84. The van der Waals surface area contributed by atoms with E-state index >= 15 is 0 Å². The number of hydrogen-bond donors (Lipinski definition) is 2. The fourth-order valence-corrected chi connectivity index (χ4v) is 1.07. The lowest BCUT2D eigenvalue weighted by Crippen LogP contribution is -2.49. The number of unbranched alkanes of at least 4 members (excludes halogenated alkanes) is 1. The van der Waals surface area contributed by atoms with Crippen LogP contribution in [0, 0.1) is 0 Å². The molecule has 0 heterocycles. The van der Waals surface area contributed by atoms with E-state index in [1.165, 1.54) is 0 Å². The molecule has 0 saturated carbocycles. The molecule has 0 spiro atoms. The van der Waals surface area contributed by atoms with Gasteiger partial charge in [-0.05, 0) is 27.2 Å². The van der Waals surface area contributed by atoms with Crippen LogP contribution in [0.1, 0.15) is 47.0 Å². The SMILES string of the molecule is CCCCC(=O)OCC(=O)NC(=O)NC(C)(C)C. The highest BCUT2D eigenvalue weighted by atomic mass is 16.5. The number of amides is 3. The Balaban J connectivity index is 3.84. The van der Waals surface area contributed by atoms with E-state index in [1.807, 2.05) is 6.92 Å². The van der Waals surface area contributed by atoms with Crippen LogP contribution < -0.4 is 10.6 Å². The summed E-state index contributed by atoms with van der Waals surface area (Å²) in [6.07, 6.45) is 1.90. The van der Waals surface area contributed by atoms with E-state index in [2.05, 4.69) is 10.6 Å². The Kier molecular flexibility index (Phi) is 7.00. The summed E-state index contributed by atoms with van der Waals surface area (Å²) in [6, 6.07) is -0.600. The molecular weight excluding hydrogens is 236 g/mol. The van der Waals surface area contributed by atoms with E-state index in [1.54, 1.807) is 20.8 Å². The number of carbonyl (C=O) groups is 3. The lowest BCUT2D eigenvalue weighted by Gasteiger charge is -2.20. The van der Waals surface area contributed by atoms with Crippen molar-refractivity contribution in [2.24, 2.45) is 0 Å². The van der Waals surface area contributed by atoms with Gasteiger partial charge < -0.3 is 10.1 Å². The highest BCUT2D eigenvalue weighted by molar-refractivity contribution is 5.95. The van der Waals surface area contributed by atoms with E-state index in [4.69, 9.17) is 4.74 Å². The smallest absolute Gasteiger partial charge is 0.321 e. The number of imide groups is 1. The standard InChI is InChI=1S/C12H22N2O4/c1-5-6-7-10(16)18-8-9(15)13-11(17)14-12(2,3)4/h5-8H2,1-4H3,(H2,13,14,15,17). The second kappa shape index (κ2) is 7.68. The van der Waals surface area contributed by atoms with Crippen LogP contribution in [0.4, 0.5) is 4.79 Å². The Labute approximate surface area is 107 Å². The average Bonchev–Trinajstić information content (AvgIpc) is 2.20. The molecule has 18 heavy (non-hydrogen) atoms. The number of esters is 1. The van der Waals surface area contributed by atoms with Gasteiger partial charge in [-0.25, -0.2) is 4.79 Å². The van der Waals surface area contributed by atoms with Crippen LogP contribution in [0.2, 0.25) is 0 Å². The van der Waals surface area contributed by atoms with Crippen molar-refractivity contribution >= 4 is 17.9 Å². The maximum atomic E-state index is 11.3. The normalized spacial score (nSPS) is 10.7. The molecule has 3 amide bonds. The first kappa shape index (κ1) is 16.4. The maximum absolute atomic E-state index is 11.3. The van der Waals surface area contributed by atoms with Crippen LogP contribution in [-0.4, -0.2) is 30.1 Å². The van der Waals surface area contributed by atoms with Crippen LogP contribution >= 0.6 is 0 Å². The Morgan fingerprint density at radius 2 is 1.78 bits per heavy atom. The van der Waals surface area contributed by atoms with Gasteiger partial charge in [0.2, 0.25) is 0 Å². The number of ether oxygens (including phenoxy) is 1. The van der Waals surface area contributed by atoms with Gasteiger partial charge in [0, 0.05) is 12.0 Å². The van der Waals surface area contributed by atoms with Gasteiger partial charge in [0.1, 0.15) is 0 Å². The van der Waals surface area contributed by atoms with Crippen molar-refractivity contribution in [3.8, 4) is 0 Å². The minimum Gasteiger partial charge on any atom is -0.456 e. The summed E-state index contributed by atoms with van der Waals surface area (Å²) in [6.45, 7) is 6.91. The highest BCUT2D eigenvalue weighted by Crippen LogP contribution is 1.98. The van der Waals surface area contributed by atoms with Gasteiger partial charge >= 0.3 is 12.0 Å². The highest BCUT2D eigenvalue weighted by Gasteiger charge is 2.16. The van der Waals surface area contributed by atoms with Gasteiger partial charge in [0.25, 0.3) is 5.91 Å². The Bertz CT molecular complexity index is 308. The molecule has 0 atom stereocenters. The molecule has 6 nitrogen and oxygen atoms in total. The van der Waals surface area contributed by atoms with Gasteiger partial charge in [-0.3, -0.25) is 14.9 Å². The van der Waals surface area contributed by atoms with Gasteiger partial charge in [-0.2, -0.15) is 0 Å². The van der Waals surface area contributed by atoms with Crippen LogP contribution in [0.25, 0.3) is 0 Å². The lowest BCUT2D eigenvalue weighted by molar-refractivity contribution is -0.148. The predicted molar refractivity (Wildman–Crippen MR) is 66.9 cm³/mol. The second-order valence-electron chi connectivity index (χ2n) is 5.02. The fourth-order valence-electron chi connectivity index (χ4n) is 1.07. The molecule has 0 aliphatic heterocycles. The van der Waals surface area contributed by atoms with Crippen LogP contribution in [0.3, 0.4) is 0 Å². The minimum atomic E-state index is -0.637. The van der Waals surface area contributed by atoms with Crippen LogP contribution in [-0.2, 0) is 14.3 Å². The molecule has 0 aromatic carbocycles. The van der Waals surface area contributed by atoms with Crippen molar-refractivity contribution in [2.45, 2.75) is 52.5 Å². The average molecular weight is 258 g/mol. The topological polar surface area (TPSA) is 84.5 Å². The molecule has 0 saturated heterocycles. The maximum Gasteiger partial charge on any atom is 0.321 e.